The number of carbonyl (C=O) groups is 1. The third-order valence-electron chi connectivity index (χ3n) is 5.16. The number of hydrogen-bond donors (Lipinski definition) is 2. The Kier molecular flexibility index (Phi) is 6.22. The molecule has 2 fully saturated rings. The van der Waals surface area contributed by atoms with Gasteiger partial charge in [0.2, 0.25) is 10.0 Å². The fourth-order valence-corrected chi connectivity index (χ4v) is 5.59. The van der Waals surface area contributed by atoms with Crippen LogP contribution in [0.25, 0.3) is 0 Å². The molecule has 8 heteroatoms. The van der Waals surface area contributed by atoms with Gasteiger partial charge >= 0.3 is 0 Å². The molecule has 1 saturated carbocycles. The topological polar surface area (TPSA) is 86.7 Å². The average molecular weight is 401 g/mol. The van der Waals surface area contributed by atoms with Crippen LogP contribution in [0, 0.1) is 0 Å². The Balaban J connectivity index is 1.77. The first kappa shape index (κ1) is 19.6. The van der Waals surface area contributed by atoms with Crippen molar-refractivity contribution in [1.82, 2.24) is 9.62 Å². The average Bonchev–Trinajstić information content (AvgIpc) is 2.64. The van der Waals surface area contributed by atoms with Gasteiger partial charge in [0.05, 0.1) is 11.1 Å². The Morgan fingerprint density at radius 1 is 1.12 bits per heavy atom. The van der Waals surface area contributed by atoms with Crippen LogP contribution in [-0.4, -0.2) is 49.0 Å². The summed E-state index contributed by atoms with van der Waals surface area (Å²) in [5.74, 6) is -0.307. The van der Waals surface area contributed by atoms with Crippen LogP contribution >= 0.6 is 11.6 Å². The van der Waals surface area contributed by atoms with E-state index in [1.54, 1.807) is 6.07 Å². The van der Waals surface area contributed by atoms with Crippen LogP contribution in [-0.2, 0) is 10.0 Å². The van der Waals surface area contributed by atoms with Crippen LogP contribution < -0.4 is 5.32 Å². The molecule has 1 aliphatic carbocycles. The van der Waals surface area contributed by atoms with E-state index in [2.05, 4.69) is 5.32 Å². The fourth-order valence-electron chi connectivity index (χ4n) is 3.58. The number of hydrogen-bond acceptors (Lipinski definition) is 4. The van der Waals surface area contributed by atoms with Gasteiger partial charge in [0, 0.05) is 24.7 Å². The van der Waals surface area contributed by atoms with Crippen molar-refractivity contribution >= 4 is 27.5 Å². The predicted molar refractivity (Wildman–Crippen MR) is 99.8 cm³/mol. The number of amides is 1. The first-order chi connectivity index (χ1) is 12.4. The maximum absolute atomic E-state index is 12.9. The number of aliphatic hydroxyl groups excluding tert-OH is 1. The Bertz CT molecular complexity index is 754. The number of aliphatic hydroxyl groups is 1. The number of piperidine rings is 1. The minimum Gasteiger partial charge on any atom is -0.393 e. The lowest BCUT2D eigenvalue weighted by Crippen LogP contribution is -2.39. The van der Waals surface area contributed by atoms with Crippen LogP contribution in [0.15, 0.2) is 23.1 Å². The predicted octanol–water partition coefficient (Wildman–Crippen LogP) is 2.55. The lowest BCUT2D eigenvalue weighted by Gasteiger charge is -2.27. The molecule has 0 bridgehead atoms. The lowest BCUT2D eigenvalue weighted by molar-refractivity contribution is 0.0867. The number of carbonyl (C=O) groups excluding carboxylic acids is 1. The van der Waals surface area contributed by atoms with Crippen molar-refractivity contribution in [1.29, 1.82) is 0 Å². The molecule has 0 unspecified atom stereocenters. The summed E-state index contributed by atoms with van der Waals surface area (Å²) in [4.78, 5) is 12.5. The van der Waals surface area contributed by atoms with Crippen molar-refractivity contribution in [2.45, 2.75) is 62.0 Å². The Labute approximate surface area is 159 Å². The molecule has 1 amide bonds. The molecular formula is C18H25ClN2O4S. The standard InChI is InChI=1S/C18H25ClN2O4S/c19-16-9-4-13(18(23)20-14-5-7-15(22)8-6-14)12-17(16)26(24,25)21-10-2-1-3-11-21/h4,9,12,14-15,22H,1-3,5-8,10-11H2,(H,20,23). The summed E-state index contributed by atoms with van der Waals surface area (Å²) in [5, 5.41) is 12.6. The smallest absolute Gasteiger partial charge is 0.251 e. The van der Waals surface area contributed by atoms with E-state index in [9.17, 15) is 18.3 Å². The molecule has 2 aliphatic rings. The lowest BCUT2D eigenvalue weighted by atomic mass is 9.93. The van der Waals surface area contributed by atoms with Crippen molar-refractivity contribution in [3.63, 3.8) is 0 Å². The van der Waals surface area contributed by atoms with Crippen LogP contribution in [0.4, 0.5) is 0 Å². The zero-order chi connectivity index (χ0) is 18.7. The fraction of sp³-hybridized carbons (Fsp3) is 0.611. The molecule has 0 atom stereocenters. The van der Waals surface area contributed by atoms with Gasteiger partial charge in [-0.3, -0.25) is 4.79 Å². The minimum absolute atomic E-state index is 0.00345. The molecule has 0 radical (unpaired) electrons. The summed E-state index contributed by atoms with van der Waals surface area (Å²) in [6.45, 7) is 0.971. The summed E-state index contributed by atoms with van der Waals surface area (Å²) >= 11 is 6.15. The summed E-state index contributed by atoms with van der Waals surface area (Å²) in [7, 11) is -3.70. The second kappa shape index (κ2) is 8.25. The van der Waals surface area contributed by atoms with Gasteiger partial charge in [-0.15, -0.1) is 0 Å². The molecule has 1 saturated heterocycles. The Morgan fingerprint density at radius 2 is 1.77 bits per heavy atom. The monoisotopic (exact) mass is 400 g/mol. The highest BCUT2D eigenvalue weighted by Crippen LogP contribution is 2.28. The number of halogens is 1. The zero-order valence-electron chi connectivity index (χ0n) is 14.7. The third-order valence-corrected chi connectivity index (χ3v) is 7.54. The van der Waals surface area contributed by atoms with E-state index in [4.69, 9.17) is 11.6 Å². The first-order valence-corrected chi connectivity index (χ1v) is 11.0. The molecule has 3 rings (SSSR count). The highest BCUT2D eigenvalue weighted by atomic mass is 35.5. The maximum atomic E-state index is 12.9. The third kappa shape index (κ3) is 4.39. The summed E-state index contributed by atoms with van der Waals surface area (Å²) in [6, 6.07) is 4.39. The van der Waals surface area contributed by atoms with Crippen molar-refractivity contribution in [3.8, 4) is 0 Å². The molecule has 6 nitrogen and oxygen atoms in total. The molecule has 1 aromatic rings. The van der Waals surface area contributed by atoms with Gasteiger partial charge in [-0.25, -0.2) is 8.42 Å². The van der Waals surface area contributed by atoms with E-state index >= 15 is 0 Å². The molecule has 0 spiro atoms. The van der Waals surface area contributed by atoms with Gasteiger partial charge in [0.15, 0.2) is 0 Å². The van der Waals surface area contributed by atoms with Crippen LogP contribution in [0.1, 0.15) is 55.3 Å². The van der Waals surface area contributed by atoms with Crippen molar-refractivity contribution in [2.24, 2.45) is 0 Å². The summed E-state index contributed by atoms with van der Waals surface area (Å²) < 4.78 is 27.2. The second-order valence-electron chi connectivity index (χ2n) is 7.09. The molecule has 26 heavy (non-hydrogen) atoms. The maximum Gasteiger partial charge on any atom is 0.251 e. The molecular weight excluding hydrogens is 376 g/mol. The number of nitrogens with one attached hydrogen (secondary N) is 1. The summed E-state index contributed by atoms with van der Waals surface area (Å²) in [5.41, 5.74) is 0.288. The molecule has 1 aliphatic heterocycles. The Hall–Kier alpha value is -1.15. The van der Waals surface area contributed by atoms with Gasteiger partial charge in [-0.1, -0.05) is 18.0 Å². The van der Waals surface area contributed by atoms with Crippen LogP contribution in [0.2, 0.25) is 5.02 Å². The number of sulfonamides is 1. The van der Waals surface area contributed by atoms with Crippen molar-refractivity contribution < 1.29 is 18.3 Å². The Morgan fingerprint density at radius 3 is 2.42 bits per heavy atom. The molecule has 144 valence electrons. The van der Waals surface area contributed by atoms with E-state index < -0.39 is 10.0 Å². The number of benzene rings is 1. The first-order valence-electron chi connectivity index (χ1n) is 9.16. The van der Waals surface area contributed by atoms with Gasteiger partial charge in [-0.05, 0) is 56.7 Å². The minimum atomic E-state index is -3.70. The van der Waals surface area contributed by atoms with Crippen molar-refractivity contribution in [3.05, 3.63) is 28.8 Å². The zero-order valence-corrected chi connectivity index (χ0v) is 16.2. The molecule has 1 heterocycles. The number of nitrogens with zero attached hydrogens (tertiary/aromatic N) is 1. The molecule has 2 N–H and O–H groups in total. The van der Waals surface area contributed by atoms with E-state index in [0.29, 0.717) is 25.9 Å². The van der Waals surface area contributed by atoms with Crippen molar-refractivity contribution in [2.75, 3.05) is 13.1 Å². The van der Waals surface area contributed by atoms with E-state index in [0.717, 1.165) is 32.1 Å². The highest BCUT2D eigenvalue weighted by molar-refractivity contribution is 7.89. The number of rotatable bonds is 4. The van der Waals surface area contributed by atoms with E-state index in [1.807, 2.05) is 0 Å². The van der Waals surface area contributed by atoms with Gasteiger partial charge in [0.25, 0.3) is 5.91 Å². The normalized spacial score (nSPS) is 25.0. The summed E-state index contributed by atoms with van der Waals surface area (Å²) in [6.07, 6.45) is 5.19. The van der Waals surface area contributed by atoms with E-state index in [-0.39, 0.29) is 33.5 Å². The quantitative estimate of drug-likeness (QED) is 0.813. The second-order valence-corrected chi connectivity index (χ2v) is 9.40. The van der Waals surface area contributed by atoms with Gasteiger partial charge < -0.3 is 10.4 Å². The largest absolute Gasteiger partial charge is 0.393 e. The van der Waals surface area contributed by atoms with Crippen LogP contribution in [0.3, 0.4) is 0 Å². The highest BCUT2D eigenvalue weighted by Gasteiger charge is 2.29. The molecule has 0 aromatic heterocycles. The SMILES string of the molecule is O=C(NC1CCC(O)CC1)c1ccc(Cl)c(S(=O)(=O)N2CCCCC2)c1. The van der Waals surface area contributed by atoms with Gasteiger partial charge in [0.1, 0.15) is 4.90 Å². The van der Waals surface area contributed by atoms with Gasteiger partial charge in [-0.2, -0.15) is 4.31 Å². The van der Waals surface area contributed by atoms with Crippen LogP contribution in [0.5, 0.6) is 0 Å². The molecule has 1 aromatic carbocycles. The van der Waals surface area contributed by atoms with E-state index in [1.165, 1.54) is 16.4 Å².